The summed E-state index contributed by atoms with van der Waals surface area (Å²) in [4.78, 5) is 2.51. The molecule has 54 heavy (non-hydrogen) atoms. The summed E-state index contributed by atoms with van der Waals surface area (Å²) in [5.41, 5.74) is 3.92. The van der Waals surface area contributed by atoms with E-state index >= 15 is 0 Å². The molecular weight excluding hydrogens is 919 g/mol. The van der Waals surface area contributed by atoms with Crippen LogP contribution in [0.1, 0.15) is 130 Å². The Kier molecular flexibility index (Phi) is 40.1. The standard InChI is InChI=1S/C14H32N3.C14H29N.4ClHO4.2Cu/c1-5-9-13(2)12-14(17(3,4)16-15)10-7-6-8-11-14;1-5-9-13(2)12-14(15(3)4)10-7-6-8-11-14;4*2-1(3,4)5;;/h13,16H,5-12,15H2,1-4H3;13H,5-12H2,1-4H3;4*(H,2,3,4,5);;/q+1;;;;;;2*+2/p-4/i17+1;15+1;;;;;;. The monoisotopic (exact) mass is 977 g/mol. The number of hydrogen-bond donors (Lipinski definition) is 2. The first-order valence-electron chi connectivity index (χ1n) is 16.5. The van der Waals surface area contributed by atoms with Gasteiger partial charge in [-0.2, -0.15) is 0 Å². The summed E-state index contributed by atoms with van der Waals surface area (Å²) in [6.07, 6.45) is 22.0. The van der Waals surface area contributed by atoms with Crippen molar-refractivity contribution in [3.05, 3.63) is 0 Å². The van der Waals surface area contributed by atoms with Crippen LogP contribution in [0.4, 0.5) is 0 Å². The second-order valence-corrected chi connectivity index (χ2v) is 16.8. The molecule has 0 aromatic carbocycles. The van der Waals surface area contributed by atoms with Gasteiger partial charge in [0.25, 0.3) is 0 Å². The van der Waals surface area contributed by atoms with Crippen molar-refractivity contribution in [3.8, 4) is 0 Å². The van der Waals surface area contributed by atoms with Crippen LogP contribution in [0.5, 0.6) is 0 Å². The van der Waals surface area contributed by atoms with Crippen LogP contribution in [-0.4, -0.2) is 48.8 Å². The Morgan fingerprint density at radius 1 is 0.556 bits per heavy atom. The van der Waals surface area contributed by atoms with Crippen LogP contribution in [-0.2, 0) is 34.1 Å². The zero-order valence-corrected chi connectivity index (χ0v) is 37.0. The zero-order chi connectivity index (χ0) is 42.3. The molecule has 2 rings (SSSR count). The first-order chi connectivity index (χ1) is 23.1. The van der Waals surface area contributed by atoms with Crippen molar-refractivity contribution in [2.24, 2.45) is 17.7 Å². The number of nitrogens with zero attached hydrogens (tertiary/aromatic N) is 2. The first kappa shape index (κ1) is 67.2. The summed E-state index contributed by atoms with van der Waals surface area (Å²) < 4.78 is 137. The molecule has 2 radical (unpaired) electrons. The Bertz CT molecular complexity index is 790. The zero-order valence-electron chi connectivity index (χ0n) is 32.1. The Hall–Kier alpha value is 1.40. The Morgan fingerprint density at radius 3 is 1.06 bits per heavy atom. The van der Waals surface area contributed by atoms with Gasteiger partial charge in [0.1, 0.15) is 5.54 Å². The number of quaternary nitrogens is 1. The van der Waals surface area contributed by atoms with Crippen LogP contribution in [0.25, 0.3) is 0 Å². The van der Waals surface area contributed by atoms with Crippen molar-refractivity contribution in [1.82, 2.24) is 10.4 Å². The summed E-state index contributed by atoms with van der Waals surface area (Å²) in [5.74, 6) is 7.50. The topological polar surface area (TPSA) is 410 Å². The van der Waals surface area contributed by atoms with Crippen LogP contribution in [0, 0.1) is 52.8 Å². The summed E-state index contributed by atoms with van der Waals surface area (Å²) in [7, 11) is -10.8. The SMILES string of the molecule is CCCC(C)CC1([15N+](C)(C)NN)CCCCC1.CCCC(C)CC1([15N](C)C)CCCCC1.[Cu+2].[Cu+2].[O-][Cl+3]([O-])([O-])[O-].[O-][Cl+3]([O-])([O-])[O-].[O-][Cl+3]([O-])([O-])[O-].[O-][Cl+3]([O-])([O-])[O-]. The molecule has 0 heterocycles. The van der Waals surface area contributed by atoms with Gasteiger partial charge in [0, 0.05) is 24.8 Å². The van der Waals surface area contributed by atoms with Crippen LogP contribution >= 0.6 is 0 Å². The Labute approximate surface area is 350 Å². The maximum atomic E-state index is 8.49. The van der Waals surface area contributed by atoms with Gasteiger partial charge < -0.3 is 4.90 Å². The van der Waals surface area contributed by atoms with Crippen LogP contribution in [0.15, 0.2) is 0 Å². The van der Waals surface area contributed by atoms with Gasteiger partial charge in [-0.05, 0) is 58.0 Å². The number of nitrogens with two attached hydrogens (primary N) is 1. The van der Waals surface area contributed by atoms with E-state index in [1.807, 2.05) is 0 Å². The molecule has 0 saturated heterocycles. The molecule has 338 valence electrons. The van der Waals surface area contributed by atoms with Gasteiger partial charge in [0.2, 0.25) is 0 Å². The summed E-state index contributed by atoms with van der Waals surface area (Å²) in [6.45, 7) is 9.42. The molecule has 20 nitrogen and oxygen atoms in total. The van der Waals surface area contributed by atoms with E-state index < -0.39 is 41.0 Å². The van der Waals surface area contributed by atoms with Gasteiger partial charge in [-0.1, -0.05) is 79.1 Å². The van der Waals surface area contributed by atoms with Crippen LogP contribution in [0.3, 0.4) is 0 Å². The van der Waals surface area contributed by atoms with Gasteiger partial charge >= 0.3 is 34.1 Å². The largest absolute Gasteiger partial charge is 2.00 e. The maximum absolute atomic E-state index is 8.49. The molecule has 0 amide bonds. The molecule has 0 aromatic rings. The molecule has 0 spiro atoms. The molecule has 0 aliphatic heterocycles. The molecule has 2 unspecified atom stereocenters. The molecule has 2 fully saturated rings. The third-order valence-corrected chi connectivity index (χ3v) is 9.05. The van der Waals surface area contributed by atoms with E-state index in [0.717, 1.165) is 16.4 Å². The number of rotatable bonds is 11. The number of hydrazine groups is 1. The Morgan fingerprint density at radius 2 is 0.815 bits per heavy atom. The predicted octanol–water partition coefficient (Wildman–Crippen LogP) is -12.0. The van der Waals surface area contributed by atoms with E-state index in [1.165, 1.54) is 103 Å². The second kappa shape index (κ2) is 32.2. The van der Waals surface area contributed by atoms with Crippen LogP contribution < -0.4 is 85.9 Å². The van der Waals surface area contributed by atoms with Crippen molar-refractivity contribution in [2.45, 2.75) is 142 Å². The van der Waals surface area contributed by atoms with E-state index in [4.69, 9.17) is 80.4 Å². The molecule has 0 aromatic heterocycles. The van der Waals surface area contributed by atoms with E-state index in [1.54, 1.807) is 0 Å². The predicted molar refractivity (Wildman–Crippen MR) is 142 cm³/mol. The van der Waals surface area contributed by atoms with Crippen molar-refractivity contribution in [1.29, 1.82) is 0 Å². The first-order valence-corrected chi connectivity index (χ1v) is 21.5. The van der Waals surface area contributed by atoms with E-state index in [2.05, 4.69) is 66.3 Å². The second-order valence-electron chi connectivity index (χ2n) is 13.8. The van der Waals surface area contributed by atoms with Gasteiger partial charge in [-0.25, -0.2) is 85.0 Å². The number of halogens is 4. The summed E-state index contributed by atoms with van der Waals surface area (Å²) in [6, 6.07) is 0. The quantitative estimate of drug-likeness (QED) is 0.0638. The molecule has 3 N–H and O–H groups in total. The molecule has 2 aliphatic carbocycles. The molecule has 2 atom stereocenters. The van der Waals surface area contributed by atoms with Crippen molar-refractivity contribution < 1.29 is 154 Å². The minimum absolute atomic E-state index is 0. The summed E-state index contributed by atoms with van der Waals surface area (Å²) in [5, 5.41) is 0. The molecule has 26 heteroatoms. The average Bonchev–Trinajstić information content (AvgIpc) is 2.91. The van der Waals surface area contributed by atoms with Gasteiger partial charge in [0.05, 0.1) is 14.1 Å². The maximum Gasteiger partial charge on any atom is 2.00 e. The molecule has 2 aliphatic rings. The fourth-order valence-electron chi connectivity index (χ4n) is 6.87. The average molecular weight is 981 g/mol. The number of nitrogens with one attached hydrogen (secondary N) is 1. The molecule has 2 saturated carbocycles. The van der Waals surface area contributed by atoms with E-state index in [0.29, 0.717) is 11.1 Å². The minimum atomic E-state index is -4.94. The fourth-order valence-corrected chi connectivity index (χ4v) is 6.87. The molecule has 0 bridgehead atoms. The van der Waals surface area contributed by atoms with Crippen molar-refractivity contribution in [3.63, 3.8) is 0 Å². The van der Waals surface area contributed by atoms with Crippen LogP contribution in [0.2, 0.25) is 0 Å². The van der Waals surface area contributed by atoms with Gasteiger partial charge in [-0.3, -0.25) is 0 Å². The minimum Gasteiger partial charge on any atom is -0.304 e. The van der Waals surface area contributed by atoms with Crippen molar-refractivity contribution >= 4 is 0 Å². The van der Waals surface area contributed by atoms with Gasteiger partial charge in [0.15, 0.2) is 0 Å². The third kappa shape index (κ3) is 47.8. The smallest absolute Gasteiger partial charge is 0.304 e. The Balaban J connectivity index is -0.000000140. The summed E-state index contributed by atoms with van der Waals surface area (Å²) >= 11 is 0. The third-order valence-electron chi connectivity index (χ3n) is 9.05. The number of hydrogen-bond acceptors (Lipinski definition) is 19. The van der Waals surface area contributed by atoms with Gasteiger partial charge in [-0.15, -0.1) is 46.5 Å². The van der Waals surface area contributed by atoms with Crippen molar-refractivity contribution in [2.75, 3.05) is 28.2 Å². The van der Waals surface area contributed by atoms with E-state index in [9.17, 15) is 0 Å². The fraction of sp³-hybridized carbons (Fsp3) is 1.00. The normalized spacial score (nSPS) is 17.9. The molecular formula is C28H61Cl4Cu2N4O16+. The van der Waals surface area contributed by atoms with E-state index in [-0.39, 0.29) is 34.1 Å².